The molecule has 1 aromatic rings. The number of ketones is 1. The van der Waals surface area contributed by atoms with Crippen LogP contribution in [0, 0.1) is 19.8 Å². The third-order valence-corrected chi connectivity index (χ3v) is 6.50. The third kappa shape index (κ3) is 12.8. The van der Waals surface area contributed by atoms with Gasteiger partial charge in [0, 0.05) is 31.1 Å². The SMILES string of the molecule is CCCCNC1=CCC(C(O)OCCN(C)C)C=C1.CCN(CC)CC(=O)Cc1c(C)cccc1C. The molecule has 0 spiro atoms. The van der Waals surface area contributed by atoms with E-state index in [0.717, 1.165) is 38.3 Å². The van der Waals surface area contributed by atoms with Crippen LogP contribution in [0.1, 0.15) is 56.7 Å². The monoisotopic (exact) mass is 501 g/mol. The molecule has 2 atom stereocenters. The number of hydrogen-bond acceptors (Lipinski definition) is 6. The molecular weight excluding hydrogens is 450 g/mol. The Kier molecular flexibility index (Phi) is 16.3. The third-order valence-electron chi connectivity index (χ3n) is 6.50. The zero-order valence-corrected chi connectivity index (χ0v) is 23.8. The number of carbonyl (C=O) groups excluding carboxylic acids is 1. The average molecular weight is 502 g/mol. The maximum Gasteiger partial charge on any atom is 0.161 e. The number of aliphatic hydroxyl groups excluding tert-OH is 1. The van der Waals surface area contributed by atoms with E-state index in [1.54, 1.807) is 0 Å². The number of carbonyl (C=O) groups is 1. The highest BCUT2D eigenvalue weighted by molar-refractivity contribution is 5.83. The Morgan fingerprint density at radius 1 is 1.17 bits per heavy atom. The van der Waals surface area contributed by atoms with E-state index in [9.17, 15) is 9.90 Å². The lowest BCUT2D eigenvalue weighted by atomic mass is 9.98. The van der Waals surface area contributed by atoms with Crippen LogP contribution in [0.4, 0.5) is 0 Å². The summed E-state index contributed by atoms with van der Waals surface area (Å²) in [4.78, 5) is 16.2. The van der Waals surface area contributed by atoms with Crippen molar-refractivity contribution in [2.45, 2.75) is 66.6 Å². The van der Waals surface area contributed by atoms with Crippen molar-refractivity contribution in [1.82, 2.24) is 15.1 Å². The minimum absolute atomic E-state index is 0.0684. The molecule has 1 aliphatic rings. The minimum Gasteiger partial charge on any atom is -0.385 e. The molecule has 1 aliphatic carbocycles. The van der Waals surface area contributed by atoms with Crippen LogP contribution in [-0.2, 0) is 16.0 Å². The summed E-state index contributed by atoms with van der Waals surface area (Å²) in [6.07, 6.45) is 9.29. The molecule has 1 aromatic carbocycles. The van der Waals surface area contributed by atoms with E-state index in [1.807, 2.05) is 37.2 Å². The first kappa shape index (κ1) is 32.0. The van der Waals surface area contributed by atoms with Gasteiger partial charge in [0.05, 0.1) is 13.2 Å². The number of nitrogens with one attached hydrogen (secondary N) is 1. The Morgan fingerprint density at radius 3 is 2.36 bits per heavy atom. The summed E-state index contributed by atoms with van der Waals surface area (Å²) in [5, 5.41) is 13.3. The molecule has 0 saturated carbocycles. The number of unbranched alkanes of at least 4 members (excludes halogenated alkanes) is 1. The Labute approximate surface area is 220 Å². The van der Waals surface area contributed by atoms with Crippen LogP contribution < -0.4 is 5.32 Å². The summed E-state index contributed by atoms with van der Waals surface area (Å²) in [6, 6.07) is 6.20. The van der Waals surface area contributed by atoms with Gasteiger partial charge in [-0.3, -0.25) is 9.69 Å². The van der Waals surface area contributed by atoms with E-state index in [0.29, 0.717) is 25.4 Å². The lowest BCUT2D eigenvalue weighted by molar-refractivity contribution is -0.124. The van der Waals surface area contributed by atoms with Gasteiger partial charge in [0.1, 0.15) is 0 Å². The van der Waals surface area contributed by atoms with E-state index >= 15 is 0 Å². The summed E-state index contributed by atoms with van der Waals surface area (Å²) in [5.41, 5.74) is 4.80. The van der Waals surface area contributed by atoms with Gasteiger partial charge in [-0.15, -0.1) is 0 Å². The number of hydrogen-bond donors (Lipinski definition) is 2. The minimum atomic E-state index is -0.704. The Morgan fingerprint density at radius 2 is 1.83 bits per heavy atom. The molecule has 0 radical (unpaired) electrons. The zero-order valence-electron chi connectivity index (χ0n) is 23.8. The maximum atomic E-state index is 12.0. The zero-order chi connectivity index (χ0) is 26.9. The molecule has 6 heteroatoms. The van der Waals surface area contributed by atoms with Crippen LogP contribution in [0.5, 0.6) is 0 Å². The maximum absolute atomic E-state index is 12.0. The van der Waals surface area contributed by atoms with Gasteiger partial charge in [-0.25, -0.2) is 0 Å². The number of Topliss-reactive ketones (excluding diaryl/α,β-unsaturated/α-hetero) is 1. The molecule has 2 N–H and O–H groups in total. The molecule has 204 valence electrons. The summed E-state index contributed by atoms with van der Waals surface area (Å²) >= 11 is 0. The van der Waals surface area contributed by atoms with Crippen LogP contribution in [0.3, 0.4) is 0 Å². The summed E-state index contributed by atoms with van der Waals surface area (Å²) < 4.78 is 5.44. The highest BCUT2D eigenvalue weighted by Gasteiger charge is 2.18. The van der Waals surface area contributed by atoms with Gasteiger partial charge in [-0.1, -0.05) is 57.5 Å². The number of likely N-dealkylation sites (N-methyl/N-ethyl adjacent to an activating group) is 2. The summed E-state index contributed by atoms with van der Waals surface area (Å²) in [5.74, 6) is 0.380. The standard InChI is InChI=1S/C15H28N2O2.C15H23NO/c1-4-5-10-16-14-8-6-13(7-9-14)15(18)19-12-11-17(2)3;1-5-16(6-2)11-14(17)10-15-12(3)8-7-9-13(15)4/h6,8-9,13,15-16,18H,4-5,7,10-12H2,1-3H3;7-9H,5-6,10-11H2,1-4H3. The molecule has 36 heavy (non-hydrogen) atoms. The van der Waals surface area contributed by atoms with Gasteiger partial charge in [-0.2, -0.15) is 0 Å². The first-order valence-electron chi connectivity index (χ1n) is 13.6. The number of allylic oxidation sites excluding steroid dienone is 2. The predicted octanol–water partition coefficient (Wildman–Crippen LogP) is 4.49. The van der Waals surface area contributed by atoms with Crippen molar-refractivity contribution in [3.8, 4) is 0 Å². The number of aryl methyl sites for hydroxylation is 2. The lowest BCUT2D eigenvalue weighted by Gasteiger charge is -2.23. The number of aliphatic hydroxyl groups is 1. The second-order valence-corrected chi connectivity index (χ2v) is 9.81. The van der Waals surface area contributed by atoms with Crippen LogP contribution in [0.15, 0.2) is 42.1 Å². The number of nitrogens with zero attached hydrogens (tertiary/aromatic N) is 2. The molecule has 0 amide bonds. The fraction of sp³-hybridized carbons (Fsp3) is 0.633. The fourth-order valence-corrected chi connectivity index (χ4v) is 3.95. The molecule has 6 nitrogen and oxygen atoms in total. The molecule has 0 saturated heterocycles. The molecule has 0 aliphatic heterocycles. The van der Waals surface area contributed by atoms with Crippen molar-refractivity contribution in [2.24, 2.45) is 5.92 Å². The second kappa shape index (κ2) is 18.3. The Balaban J connectivity index is 0.000000362. The Bertz CT molecular complexity index is 795. The molecule has 0 bridgehead atoms. The van der Waals surface area contributed by atoms with Crippen molar-refractivity contribution >= 4 is 5.78 Å². The van der Waals surface area contributed by atoms with Crippen molar-refractivity contribution in [2.75, 3.05) is 53.4 Å². The van der Waals surface area contributed by atoms with E-state index in [-0.39, 0.29) is 5.92 Å². The van der Waals surface area contributed by atoms with Gasteiger partial charge in [0.25, 0.3) is 0 Å². The van der Waals surface area contributed by atoms with Crippen LogP contribution in [0.25, 0.3) is 0 Å². The van der Waals surface area contributed by atoms with E-state index in [1.165, 1.54) is 29.5 Å². The van der Waals surface area contributed by atoms with Crippen molar-refractivity contribution in [1.29, 1.82) is 0 Å². The first-order valence-corrected chi connectivity index (χ1v) is 13.6. The van der Waals surface area contributed by atoms with Crippen LogP contribution >= 0.6 is 0 Å². The van der Waals surface area contributed by atoms with Gasteiger partial charge in [0.15, 0.2) is 12.1 Å². The fourth-order valence-electron chi connectivity index (χ4n) is 3.95. The molecule has 0 fully saturated rings. The molecule has 0 heterocycles. The highest BCUT2D eigenvalue weighted by atomic mass is 16.6. The molecule has 2 rings (SSSR count). The average Bonchev–Trinajstić information content (AvgIpc) is 2.85. The highest BCUT2D eigenvalue weighted by Crippen LogP contribution is 2.19. The van der Waals surface area contributed by atoms with Crippen molar-refractivity contribution in [3.05, 3.63) is 58.8 Å². The van der Waals surface area contributed by atoms with Crippen LogP contribution in [0.2, 0.25) is 0 Å². The smallest absolute Gasteiger partial charge is 0.161 e. The summed E-state index contributed by atoms with van der Waals surface area (Å²) in [6.45, 7) is 15.4. The van der Waals surface area contributed by atoms with Crippen molar-refractivity contribution < 1.29 is 14.6 Å². The van der Waals surface area contributed by atoms with E-state index < -0.39 is 6.29 Å². The molecule has 0 aromatic heterocycles. The second-order valence-electron chi connectivity index (χ2n) is 9.81. The normalized spacial score (nSPS) is 15.9. The van der Waals surface area contributed by atoms with Crippen molar-refractivity contribution in [3.63, 3.8) is 0 Å². The van der Waals surface area contributed by atoms with E-state index in [4.69, 9.17) is 4.74 Å². The number of benzene rings is 1. The van der Waals surface area contributed by atoms with Gasteiger partial charge < -0.3 is 20.1 Å². The number of ether oxygens (including phenoxy) is 1. The van der Waals surface area contributed by atoms with Gasteiger partial charge in [-0.05, 0) is 76.6 Å². The van der Waals surface area contributed by atoms with E-state index in [2.05, 4.69) is 63.0 Å². The molecule has 2 unspecified atom stereocenters. The Hall–Kier alpha value is -1.99. The van der Waals surface area contributed by atoms with Gasteiger partial charge in [0.2, 0.25) is 0 Å². The number of rotatable bonds is 15. The lowest BCUT2D eigenvalue weighted by Crippen LogP contribution is -2.30. The van der Waals surface area contributed by atoms with Crippen LogP contribution in [-0.4, -0.2) is 80.4 Å². The predicted molar refractivity (Wildman–Crippen MR) is 151 cm³/mol. The quantitative estimate of drug-likeness (QED) is 0.273. The largest absolute Gasteiger partial charge is 0.385 e. The topological polar surface area (TPSA) is 65.0 Å². The summed E-state index contributed by atoms with van der Waals surface area (Å²) in [7, 11) is 3.99. The molecular formula is C30H51N3O3. The van der Waals surface area contributed by atoms with Gasteiger partial charge >= 0.3 is 0 Å². The first-order chi connectivity index (χ1) is 17.2.